The number of nitrogens with zero attached hydrogens (tertiary/aromatic N) is 6. The molecule has 12 heteroatoms. The Labute approximate surface area is 273 Å². The van der Waals surface area contributed by atoms with E-state index in [-0.39, 0.29) is 28.8 Å². The minimum Gasteiger partial charge on any atom is -0.361 e. The summed E-state index contributed by atoms with van der Waals surface area (Å²) in [5.74, 6) is -0.901. The van der Waals surface area contributed by atoms with Gasteiger partial charge in [0.15, 0.2) is 17.5 Å². The van der Waals surface area contributed by atoms with E-state index in [1.165, 1.54) is 32.7 Å². The normalized spacial score (nSPS) is 13.1. The van der Waals surface area contributed by atoms with E-state index in [2.05, 4.69) is 15.1 Å². The van der Waals surface area contributed by atoms with Gasteiger partial charge < -0.3 is 9.42 Å². The average molecular weight is 661 g/mol. The number of anilines is 1. The summed E-state index contributed by atoms with van der Waals surface area (Å²) in [6, 6.07) is 0. The molecule has 0 atom stereocenters. The Morgan fingerprint density at radius 1 is 0.681 bits per heavy atom. The molecule has 0 radical (unpaired) electrons. The van der Waals surface area contributed by atoms with E-state index in [9.17, 15) is 13.2 Å². The van der Waals surface area contributed by atoms with Crippen LogP contribution >= 0.6 is 0 Å². The molecule has 256 valence electrons. The highest BCUT2D eigenvalue weighted by atomic mass is 19.4. The lowest BCUT2D eigenvalue weighted by molar-refractivity contribution is -0.230. The SMILES string of the molecule is Cc1nc(-c2nn(C(C)(C)c3c(C)c(C)c(C)c(C)c3F)c(-c3noc(C)c3C)c2C)nc(N(C)C(C)(C)C(C)(C)C(F)(F)F)c1F. The summed E-state index contributed by atoms with van der Waals surface area (Å²) >= 11 is 0. The van der Waals surface area contributed by atoms with Gasteiger partial charge in [-0.15, -0.1) is 0 Å². The van der Waals surface area contributed by atoms with E-state index >= 15 is 8.78 Å². The molecule has 0 fully saturated rings. The van der Waals surface area contributed by atoms with Crippen LogP contribution in [0.4, 0.5) is 27.8 Å². The van der Waals surface area contributed by atoms with Gasteiger partial charge in [-0.1, -0.05) is 5.16 Å². The predicted molar refractivity (Wildman–Crippen MR) is 174 cm³/mol. The van der Waals surface area contributed by atoms with Crippen LogP contribution in [0.25, 0.3) is 22.9 Å². The van der Waals surface area contributed by atoms with Crippen LogP contribution in [0.2, 0.25) is 0 Å². The molecule has 7 nitrogen and oxygen atoms in total. The highest BCUT2D eigenvalue weighted by Crippen LogP contribution is 2.49. The maximum Gasteiger partial charge on any atom is 0.396 e. The zero-order valence-corrected chi connectivity index (χ0v) is 30.0. The van der Waals surface area contributed by atoms with Crippen molar-refractivity contribution in [1.29, 1.82) is 0 Å². The molecule has 0 unspecified atom stereocenters. The van der Waals surface area contributed by atoms with Crippen molar-refractivity contribution in [1.82, 2.24) is 24.9 Å². The third kappa shape index (κ3) is 5.31. The van der Waals surface area contributed by atoms with Crippen molar-refractivity contribution in [2.75, 3.05) is 11.9 Å². The second-order valence-electron chi connectivity index (χ2n) is 14.2. The van der Waals surface area contributed by atoms with Gasteiger partial charge in [0.1, 0.15) is 23.0 Å². The van der Waals surface area contributed by atoms with Gasteiger partial charge >= 0.3 is 6.18 Å². The van der Waals surface area contributed by atoms with Gasteiger partial charge in [-0.25, -0.2) is 18.7 Å². The Morgan fingerprint density at radius 2 is 1.23 bits per heavy atom. The van der Waals surface area contributed by atoms with Crippen LogP contribution in [0.5, 0.6) is 0 Å². The molecule has 0 aliphatic rings. The van der Waals surface area contributed by atoms with E-state index < -0.39 is 28.5 Å². The fraction of sp³-hybridized carbons (Fsp3) is 0.543. The van der Waals surface area contributed by atoms with E-state index in [1.54, 1.807) is 25.5 Å². The van der Waals surface area contributed by atoms with Crippen molar-refractivity contribution in [3.8, 4) is 22.9 Å². The Bertz CT molecular complexity index is 1850. The van der Waals surface area contributed by atoms with Crippen LogP contribution in [0.3, 0.4) is 0 Å². The molecule has 0 aliphatic heterocycles. The summed E-state index contributed by atoms with van der Waals surface area (Å²) in [5.41, 5.74) is 1.10. The molecule has 4 rings (SSSR count). The summed E-state index contributed by atoms with van der Waals surface area (Å²) in [6.07, 6.45) is -4.59. The standard InChI is InChI=1S/C35H45F5N6O/c1-16-17(2)19(4)25(36)24(18(16)3)32(9,10)46-29(27-20(5)23(8)47-44-27)21(6)28(43-46)30-41-22(7)26(37)31(42-30)45(15)34(13,14)33(11,12)35(38,39)40/h1-15H3. The largest absolute Gasteiger partial charge is 0.396 e. The molecular formula is C35H45F5N6O. The molecule has 0 saturated heterocycles. The van der Waals surface area contributed by atoms with Crippen LogP contribution in [0.1, 0.15) is 91.9 Å². The van der Waals surface area contributed by atoms with Crippen LogP contribution in [0.15, 0.2) is 4.52 Å². The first-order chi connectivity index (χ1) is 21.3. The van der Waals surface area contributed by atoms with Crippen molar-refractivity contribution < 1.29 is 26.5 Å². The monoisotopic (exact) mass is 660 g/mol. The Hall–Kier alpha value is -3.83. The van der Waals surface area contributed by atoms with Crippen molar-refractivity contribution >= 4 is 5.82 Å². The first-order valence-corrected chi connectivity index (χ1v) is 15.5. The fourth-order valence-electron chi connectivity index (χ4n) is 6.03. The minimum absolute atomic E-state index is 0.00555. The van der Waals surface area contributed by atoms with Crippen molar-refractivity contribution in [3.63, 3.8) is 0 Å². The number of aromatic nitrogens is 5. The lowest BCUT2D eigenvalue weighted by Gasteiger charge is -2.48. The number of alkyl halides is 3. The summed E-state index contributed by atoms with van der Waals surface area (Å²) in [5, 5.41) is 9.29. The van der Waals surface area contributed by atoms with Crippen molar-refractivity contribution in [3.05, 3.63) is 62.0 Å². The number of benzene rings is 1. The molecule has 0 amide bonds. The lowest BCUT2D eigenvalue weighted by atomic mass is 9.73. The Kier molecular flexibility index (Phi) is 8.74. The molecule has 0 bridgehead atoms. The van der Waals surface area contributed by atoms with E-state index in [1.807, 2.05) is 41.5 Å². The van der Waals surface area contributed by atoms with E-state index in [0.717, 1.165) is 36.1 Å². The average Bonchev–Trinajstić information content (AvgIpc) is 3.49. The highest BCUT2D eigenvalue weighted by molar-refractivity contribution is 5.72. The Morgan fingerprint density at radius 3 is 1.74 bits per heavy atom. The second kappa shape index (κ2) is 11.4. The molecule has 0 N–H and O–H groups in total. The highest BCUT2D eigenvalue weighted by Gasteiger charge is 2.58. The van der Waals surface area contributed by atoms with Gasteiger partial charge in [0.05, 0.1) is 22.3 Å². The topological polar surface area (TPSA) is 72.9 Å². The number of aryl methyl sites for hydroxylation is 2. The maximum atomic E-state index is 16.2. The van der Waals surface area contributed by atoms with Crippen LogP contribution in [0, 0.1) is 72.4 Å². The predicted octanol–water partition coefficient (Wildman–Crippen LogP) is 9.33. The van der Waals surface area contributed by atoms with Gasteiger partial charge in [-0.05, 0) is 119 Å². The third-order valence-electron chi connectivity index (χ3n) is 10.9. The molecule has 47 heavy (non-hydrogen) atoms. The summed E-state index contributed by atoms with van der Waals surface area (Å²) in [4.78, 5) is 10.1. The first-order valence-electron chi connectivity index (χ1n) is 15.5. The second-order valence-corrected chi connectivity index (χ2v) is 14.2. The third-order valence-corrected chi connectivity index (χ3v) is 10.9. The van der Waals surface area contributed by atoms with E-state index in [4.69, 9.17) is 9.62 Å². The van der Waals surface area contributed by atoms with Gasteiger partial charge in [0.25, 0.3) is 0 Å². The molecule has 3 heterocycles. The number of rotatable bonds is 7. The zero-order chi connectivity index (χ0) is 35.9. The van der Waals surface area contributed by atoms with Gasteiger partial charge in [0.2, 0.25) is 0 Å². The fourth-order valence-corrected chi connectivity index (χ4v) is 6.03. The molecule has 0 aliphatic carbocycles. The van der Waals surface area contributed by atoms with Crippen molar-refractivity contribution in [2.45, 2.75) is 114 Å². The lowest BCUT2D eigenvalue weighted by Crippen LogP contribution is -2.59. The Balaban J connectivity index is 2.06. The molecule has 4 aromatic rings. The number of hydrogen-bond acceptors (Lipinski definition) is 6. The molecule has 3 aromatic heterocycles. The summed E-state index contributed by atoms with van der Waals surface area (Å²) in [6.45, 7) is 23.0. The molecule has 0 spiro atoms. The molecular weight excluding hydrogens is 615 g/mol. The van der Waals surface area contributed by atoms with E-state index in [0.29, 0.717) is 33.8 Å². The zero-order valence-electron chi connectivity index (χ0n) is 30.0. The van der Waals surface area contributed by atoms with Crippen molar-refractivity contribution in [2.24, 2.45) is 5.41 Å². The number of hydrogen-bond donors (Lipinski definition) is 0. The van der Waals surface area contributed by atoms with Gasteiger partial charge in [-0.3, -0.25) is 4.68 Å². The summed E-state index contributed by atoms with van der Waals surface area (Å²) in [7, 11) is 1.39. The van der Waals surface area contributed by atoms with Crippen LogP contribution in [-0.2, 0) is 5.54 Å². The quantitative estimate of drug-likeness (QED) is 0.184. The summed E-state index contributed by atoms with van der Waals surface area (Å²) < 4.78 is 81.8. The smallest absolute Gasteiger partial charge is 0.361 e. The van der Waals surface area contributed by atoms with Crippen LogP contribution in [-0.4, -0.2) is 43.7 Å². The molecule has 0 saturated carbocycles. The molecule has 1 aromatic carbocycles. The number of halogens is 5. The van der Waals surface area contributed by atoms with Gasteiger partial charge in [-0.2, -0.15) is 18.3 Å². The van der Waals surface area contributed by atoms with Crippen LogP contribution < -0.4 is 4.90 Å². The first kappa shape index (κ1) is 36.0. The minimum atomic E-state index is -4.59. The van der Waals surface area contributed by atoms with Gasteiger partial charge in [0, 0.05) is 29.3 Å². The maximum absolute atomic E-state index is 16.2.